The molecule has 6 heteroatoms. The van der Waals surface area contributed by atoms with Crippen LogP contribution in [-0.2, 0) is 0 Å². The minimum atomic E-state index is 0.449. The van der Waals surface area contributed by atoms with E-state index >= 15 is 0 Å². The van der Waals surface area contributed by atoms with Crippen molar-refractivity contribution in [1.29, 1.82) is 0 Å². The molecule has 3 N–H and O–H groups in total. The van der Waals surface area contributed by atoms with Crippen LogP contribution in [0.15, 0.2) is 41.6 Å². The van der Waals surface area contributed by atoms with Crippen LogP contribution >= 0.6 is 11.8 Å². The van der Waals surface area contributed by atoms with Gasteiger partial charge in [0.25, 0.3) is 0 Å². The first kappa shape index (κ1) is 11.7. The maximum atomic E-state index is 5.56. The van der Waals surface area contributed by atoms with Crippen molar-refractivity contribution >= 4 is 17.6 Å². The lowest BCUT2D eigenvalue weighted by Gasteiger charge is -2.06. The normalized spacial score (nSPS) is 10.0. The van der Waals surface area contributed by atoms with Crippen LogP contribution in [-0.4, -0.2) is 16.2 Å². The fourth-order valence-corrected chi connectivity index (χ4v) is 1.65. The largest absolute Gasteiger partial charge is 0.439 e. The highest BCUT2D eigenvalue weighted by atomic mass is 32.2. The van der Waals surface area contributed by atoms with Crippen LogP contribution in [0.3, 0.4) is 0 Å². The van der Waals surface area contributed by atoms with Crippen LogP contribution < -0.4 is 16.0 Å². The monoisotopic (exact) mass is 248 g/mol. The third-order valence-corrected chi connectivity index (χ3v) is 2.82. The molecule has 17 heavy (non-hydrogen) atoms. The lowest BCUT2D eigenvalue weighted by molar-refractivity contribution is 0.461. The molecule has 0 amide bonds. The molecule has 0 radical (unpaired) electrons. The second kappa shape index (κ2) is 5.51. The number of benzene rings is 1. The Labute approximate surface area is 103 Å². The summed E-state index contributed by atoms with van der Waals surface area (Å²) in [5, 5.41) is 0. The number of ether oxygens (including phenoxy) is 1. The van der Waals surface area contributed by atoms with E-state index in [0.717, 1.165) is 5.75 Å². The lowest BCUT2D eigenvalue weighted by Crippen LogP contribution is -2.08. The number of anilines is 1. The Kier molecular flexibility index (Phi) is 3.79. The van der Waals surface area contributed by atoms with Gasteiger partial charge in [-0.3, -0.25) is 0 Å². The Morgan fingerprint density at radius 3 is 2.65 bits per heavy atom. The van der Waals surface area contributed by atoms with E-state index in [2.05, 4.69) is 15.4 Å². The van der Waals surface area contributed by atoms with Crippen molar-refractivity contribution < 1.29 is 4.74 Å². The third kappa shape index (κ3) is 3.08. The summed E-state index contributed by atoms with van der Waals surface area (Å²) in [5.41, 5.74) is 2.44. The van der Waals surface area contributed by atoms with E-state index in [1.807, 2.05) is 30.5 Å². The maximum Gasteiger partial charge on any atom is 0.224 e. The number of nitrogens with zero attached hydrogens (tertiary/aromatic N) is 2. The van der Waals surface area contributed by atoms with Crippen molar-refractivity contribution in [3.05, 3.63) is 36.7 Å². The van der Waals surface area contributed by atoms with Gasteiger partial charge in [-0.05, 0) is 30.5 Å². The van der Waals surface area contributed by atoms with Gasteiger partial charge in [0.15, 0.2) is 0 Å². The van der Waals surface area contributed by atoms with Crippen molar-refractivity contribution in [2.45, 2.75) is 4.90 Å². The fraction of sp³-hybridized carbons (Fsp3) is 0.0909. The summed E-state index contributed by atoms with van der Waals surface area (Å²) in [6.07, 6.45) is 3.42. The molecule has 5 nitrogen and oxygen atoms in total. The molecule has 2 aromatic rings. The van der Waals surface area contributed by atoms with Gasteiger partial charge in [0.1, 0.15) is 17.9 Å². The van der Waals surface area contributed by atoms with Crippen LogP contribution in [0.25, 0.3) is 0 Å². The van der Waals surface area contributed by atoms with E-state index in [1.54, 1.807) is 17.8 Å². The summed E-state index contributed by atoms with van der Waals surface area (Å²) in [7, 11) is 0. The minimum absolute atomic E-state index is 0.449. The van der Waals surface area contributed by atoms with Gasteiger partial charge >= 0.3 is 0 Å². The number of hydrogen-bond donors (Lipinski definition) is 2. The summed E-state index contributed by atoms with van der Waals surface area (Å²) < 4.78 is 5.56. The zero-order valence-corrected chi connectivity index (χ0v) is 10.1. The first-order valence-electron chi connectivity index (χ1n) is 4.92. The zero-order valence-electron chi connectivity index (χ0n) is 9.25. The van der Waals surface area contributed by atoms with Crippen molar-refractivity contribution in [2.24, 2.45) is 5.84 Å². The summed E-state index contributed by atoms with van der Waals surface area (Å²) in [4.78, 5) is 9.07. The van der Waals surface area contributed by atoms with Gasteiger partial charge in [-0.1, -0.05) is 0 Å². The van der Waals surface area contributed by atoms with Crippen LogP contribution in [0.2, 0.25) is 0 Å². The second-order valence-corrected chi connectivity index (χ2v) is 4.04. The van der Waals surface area contributed by atoms with Gasteiger partial charge in [0.05, 0.1) is 0 Å². The summed E-state index contributed by atoms with van der Waals surface area (Å²) in [6.45, 7) is 0. The topological polar surface area (TPSA) is 73.1 Å². The van der Waals surface area contributed by atoms with E-state index in [0.29, 0.717) is 11.7 Å². The van der Waals surface area contributed by atoms with Crippen molar-refractivity contribution in [1.82, 2.24) is 9.97 Å². The summed E-state index contributed by atoms with van der Waals surface area (Å²) in [6, 6.07) is 9.39. The maximum absolute atomic E-state index is 5.56. The molecular formula is C11H12N4OS. The van der Waals surface area contributed by atoms with Gasteiger partial charge in [-0.15, -0.1) is 11.8 Å². The standard InChI is InChI=1S/C11H12N4OS/c1-17-9-4-2-8(3-5-9)16-11-6-10(15-12)13-7-14-11/h2-7H,12H2,1H3,(H,13,14,15). The van der Waals surface area contributed by atoms with E-state index in [-0.39, 0.29) is 0 Å². The molecule has 0 aliphatic carbocycles. The predicted octanol–water partition coefficient (Wildman–Crippen LogP) is 2.28. The van der Waals surface area contributed by atoms with Gasteiger partial charge in [-0.2, -0.15) is 0 Å². The number of thioether (sulfide) groups is 1. The number of nitrogen functional groups attached to an aromatic ring is 1. The molecular weight excluding hydrogens is 236 g/mol. The van der Waals surface area contributed by atoms with Crippen molar-refractivity contribution in [3.63, 3.8) is 0 Å². The molecule has 1 heterocycles. The predicted molar refractivity (Wildman–Crippen MR) is 68.1 cm³/mol. The smallest absolute Gasteiger partial charge is 0.224 e. The average molecular weight is 248 g/mol. The molecule has 0 spiro atoms. The average Bonchev–Trinajstić information content (AvgIpc) is 2.40. The number of nitrogens with two attached hydrogens (primary N) is 1. The quantitative estimate of drug-likeness (QED) is 0.491. The summed E-state index contributed by atoms with van der Waals surface area (Å²) in [5.74, 6) is 6.94. The molecule has 1 aromatic carbocycles. The summed E-state index contributed by atoms with van der Waals surface area (Å²) >= 11 is 1.68. The van der Waals surface area contributed by atoms with Crippen LogP contribution in [0.1, 0.15) is 0 Å². The van der Waals surface area contributed by atoms with E-state index in [4.69, 9.17) is 10.6 Å². The highest BCUT2D eigenvalue weighted by Crippen LogP contribution is 2.23. The van der Waals surface area contributed by atoms with Gasteiger partial charge < -0.3 is 10.2 Å². The third-order valence-electron chi connectivity index (χ3n) is 2.07. The molecule has 0 bridgehead atoms. The van der Waals surface area contributed by atoms with Crippen molar-refractivity contribution in [3.8, 4) is 11.6 Å². The van der Waals surface area contributed by atoms with Gasteiger partial charge in [-0.25, -0.2) is 15.8 Å². The molecule has 0 unspecified atom stereocenters. The van der Waals surface area contributed by atoms with Crippen LogP contribution in [0.5, 0.6) is 11.6 Å². The van der Waals surface area contributed by atoms with Gasteiger partial charge in [0.2, 0.25) is 5.88 Å². The zero-order chi connectivity index (χ0) is 12.1. The Hall–Kier alpha value is -1.79. The highest BCUT2D eigenvalue weighted by molar-refractivity contribution is 7.98. The first-order chi connectivity index (χ1) is 8.31. The molecule has 88 valence electrons. The molecule has 1 aromatic heterocycles. The molecule has 0 fully saturated rings. The number of rotatable bonds is 4. The van der Waals surface area contributed by atoms with E-state index in [1.165, 1.54) is 11.2 Å². The number of nitrogens with one attached hydrogen (secondary N) is 1. The highest BCUT2D eigenvalue weighted by Gasteiger charge is 2.00. The molecule has 0 aliphatic heterocycles. The van der Waals surface area contributed by atoms with Gasteiger partial charge in [0, 0.05) is 11.0 Å². The number of hydrazine groups is 1. The first-order valence-corrected chi connectivity index (χ1v) is 6.15. The fourth-order valence-electron chi connectivity index (χ4n) is 1.24. The Morgan fingerprint density at radius 2 is 2.00 bits per heavy atom. The molecule has 0 atom stereocenters. The minimum Gasteiger partial charge on any atom is -0.439 e. The van der Waals surface area contributed by atoms with Crippen molar-refractivity contribution in [2.75, 3.05) is 11.7 Å². The Balaban J connectivity index is 2.13. The Bertz CT molecular complexity index is 489. The SMILES string of the molecule is CSc1ccc(Oc2cc(NN)ncn2)cc1. The molecule has 0 saturated carbocycles. The molecule has 2 rings (SSSR count). The Morgan fingerprint density at radius 1 is 1.24 bits per heavy atom. The number of hydrogen-bond acceptors (Lipinski definition) is 6. The van der Waals surface area contributed by atoms with Crippen LogP contribution in [0.4, 0.5) is 5.82 Å². The molecule has 0 aliphatic rings. The van der Waals surface area contributed by atoms with E-state index in [9.17, 15) is 0 Å². The lowest BCUT2D eigenvalue weighted by atomic mass is 10.3. The van der Waals surface area contributed by atoms with Crippen LogP contribution in [0, 0.1) is 0 Å². The van der Waals surface area contributed by atoms with E-state index < -0.39 is 0 Å². The second-order valence-electron chi connectivity index (χ2n) is 3.16. The number of aromatic nitrogens is 2. The molecule has 0 saturated heterocycles.